The molecule has 0 amide bonds. The Hall–Kier alpha value is -0.960. The van der Waals surface area contributed by atoms with Gasteiger partial charge >= 0.3 is 0 Å². The van der Waals surface area contributed by atoms with Crippen LogP contribution >= 0.6 is 0 Å². The number of hydrogen-bond acceptors (Lipinski definition) is 3. The molecule has 3 heteroatoms. The maximum atomic E-state index is 8.95. The molecule has 1 aromatic heterocycles. The highest BCUT2D eigenvalue weighted by atomic mass is 16.7. The Kier molecular flexibility index (Phi) is 2.34. The molecule has 1 N–H and O–H groups in total. The normalized spacial score (nSPS) is 13.0. The summed E-state index contributed by atoms with van der Waals surface area (Å²) in [4.78, 5) is 0. The summed E-state index contributed by atoms with van der Waals surface area (Å²) in [6, 6.07) is 3.36. The van der Waals surface area contributed by atoms with Gasteiger partial charge in [-0.15, -0.1) is 0 Å². The number of aliphatic hydroxyl groups is 1. The van der Waals surface area contributed by atoms with E-state index in [0.29, 0.717) is 12.4 Å². The third-order valence-corrected chi connectivity index (χ3v) is 1.10. The maximum Gasteiger partial charge on any atom is 0.286 e. The fourth-order valence-electron chi connectivity index (χ4n) is 0.548. The highest BCUT2D eigenvalue weighted by Crippen LogP contribution is 2.11. The van der Waals surface area contributed by atoms with E-state index in [4.69, 9.17) is 14.3 Å². The molecule has 0 aliphatic heterocycles. The maximum absolute atomic E-state index is 8.95. The van der Waals surface area contributed by atoms with Gasteiger partial charge in [0.25, 0.3) is 5.95 Å². The molecule has 10 heavy (non-hydrogen) atoms. The molecule has 0 aliphatic rings. The van der Waals surface area contributed by atoms with Crippen LogP contribution in [-0.4, -0.2) is 11.4 Å². The van der Waals surface area contributed by atoms with Gasteiger partial charge in [0.1, 0.15) is 0 Å². The van der Waals surface area contributed by atoms with E-state index in [1.165, 1.54) is 6.26 Å². The molecule has 0 saturated carbocycles. The molecule has 0 spiro atoms. The molecule has 1 atom stereocenters. The quantitative estimate of drug-likeness (QED) is 0.648. The first-order valence-electron chi connectivity index (χ1n) is 3.21. The van der Waals surface area contributed by atoms with Gasteiger partial charge < -0.3 is 14.3 Å². The molecule has 0 fully saturated rings. The van der Waals surface area contributed by atoms with E-state index >= 15 is 0 Å². The van der Waals surface area contributed by atoms with Gasteiger partial charge in [0.2, 0.25) is 0 Å². The molecule has 1 rings (SSSR count). The van der Waals surface area contributed by atoms with Crippen LogP contribution in [0.2, 0.25) is 0 Å². The van der Waals surface area contributed by atoms with Crippen molar-refractivity contribution in [1.29, 1.82) is 0 Å². The largest absolute Gasteiger partial charge is 0.435 e. The Bertz CT molecular complexity index is 169. The summed E-state index contributed by atoms with van der Waals surface area (Å²) in [5, 5.41) is 8.95. The van der Waals surface area contributed by atoms with E-state index in [2.05, 4.69) is 0 Å². The predicted molar refractivity (Wildman–Crippen MR) is 35.6 cm³/mol. The van der Waals surface area contributed by atoms with Crippen molar-refractivity contribution >= 4 is 0 Å². The first-order chi connectivity index (χ1) is 4.83. The third-order valence-electron chi connectivity index (χ3n) is 1.10. The molecular weight excluding hydrogens is 132 g/mol. The van der Waals surface area contributed by atoms with Gasteiger partial charge in [-0.2, -0.15) is 0 Å². The minimum Gasteiger partial charge on any atom is -0.435 e. The van der Waals surface area contributed by atoms with Gasteiger partial charge in [-0.05, 0) is 6.07 Å². The number of aliphatic hydroxyl groups excluding tert-OH is 1. The van der Waals surface area contributed by atoms with Gasteiger partial charge in [-0.25, -0.2) is 0 Å². The smallest absolute Gasteiger partial charge is 0.286 e. The van der Waals surface area contributed by atoms with E-state index in [1.54, 1.807) is 12.1 Å². The van der Waals surface area contributed by atoms with Crippen LogP contribution in [0.1, 0.15) is 13.3 Å². The van der Waals surface area contributed by atoms with Gasteiger partial charge in [0, 0.05) is 12.5 Å². The molecule has 0 saturated heterocycles. The van der Waals surface area contributed by atoms with Crippen LogP contribution in [0.3, 0.4) is 0 Å². The summed E-state index contributed by atoms with van der Waals surface area (Å²) in [6.07, 6.45) is 1.30. The van der Waals surface area contributed by atoms with Gasteiger partial charge in [0.05, 0.1) is 6.26 Å². The van der Waals surface area contributed by atoms with Gasteiger partial charge in [0.15, 0.2) is 6.29 Å². The fourth-order valence-corrected chi connectivity index (χ4v) is 0.548. The van der Waals surface area contributed by atoms with E-state index in [1.807, 2.05) is 6.92 Å². The van der Waals surface area contributed by atoms with Crippen molar-refractivity contribution in [2.75, 3.05) is 0 Å². The molecule has 0 bridgehead atoms. The van der Waals surface area contributed by atoms with Gasteiger partial charge in [-0.3, -0.25) is 0 Å². The first-order valence-corrected chi connectivity index (χ1v) is 3.21. The molecule has 0 radical (unpaired) electrons. The lowest BCUT2D eigenvalue weighted by Gasteiger charge is -2.06. The van der Waals surface area contributed by atoms with Crippen molar-refractivity contribution < 1.29 is 14.3 Å². The predicted octanol–water partition coefficient (Wildman–Crippen LogP) is 1.39. The summed E-state index contributed by atoms with van der Waals surface area (Å²) in [7, 11) is 0. The highest BCUT2D eigenvalue weighted by Gasteiger charge is 2.02. The van der Waals surface area contributed by atoms with Crippen LogP contribution in [0.15, 0.2) is 22.8 Å². The summed E-state index contributed by atoms with van der Waals surface area (Å²) in [6.45, 7) is 1.83. The van der Waals surface area contributed by atoms with Crippen LogP contribution < -0.4 is 4.74 Å². The van der Waals surface area contributed by atoms with E-state index in [0.717, 1.165) is 0 Å². The standard InChI is InChI=1S/C7H10O3/c1-2-6(8)10-7-4-3-5-9-7/h3-6,8H,2H2,1H3. The summed E-state index contributed by atoms with van der Waals surface area (Å²) < 4.78 is 9.72. The van der Waals surface area contributed by atoms with Crippen LogP contribution in [0, 0.1) is 0 Å². The molecule has 1 unspecified atom stereocenters. The van der Waals surface area contributed by atoms with E-state index in [-0.39, 0.29) is 0 Å². The molecule has 56 valence electrons. The lowest BCUT2D eigenvalue weighted by atomic mass is 10.5. The summed E-state index contributed by atoms with van der Waals surface area (Å²) in [5.74, 6) is 0.356. The minimum absolute atomic E-state index is 0.356. The minimum atomic E-state index is -0.758. The van der Waals surface area contributed by atoms with Crippen molar-refractivity contribution in [3.05, 3.63) is 18.4 Å². The fraction of sp³-hybridized carbons (Fsp3) is 0.429. The number of rotatable bonds is 3. The van der Waals surface area contributed by atoms with Crippen LogP contribution in [-0.2, 0) is 0 Å². The molecule has 3 nitrogen and oxygen atoms in total. The van der Waals surface area contributed by atoms with E-state index < -0.39 is 6.29 Å². The average Bonchev–Trinajstić information content (AvgIpc) is 2.40. The average molecular weight is 142 g/mol. The highest BCUT2D eigenvalue weighted by molar-refractivity contribution is 5.03. The zero-order valence-electron chi connectivity index (χ0n) is 5.78. The summed E-state index contributed by atoms with van der Waals surface area (Å²) >= 11 is 0. The Morgan fingerprint density at radius 2 is 2.60 bits per heavy atom. The monoisotopic (exact) mass is 142 g/mol. The lowest BCUT2D eigenvalue weighted by molar-refractivity contribution is -0.0341. The van der Waals surface area contributed by atoms with Crippen molar-refractivity contribution in [3.63, 3.8) is 0 Å². The molecule has 1 aromatic rings. The van der Waals surface area contributed by atoms with Crippen LogP contribution in [0.4, 0.5) is 0 Å². The third kappa shape index (κ3) is 1.77. The van der Waals surface area contributed by atoms with Crippen molar-refractivity contribution in [2.45, 2.75) is 19.6 Å². The van der Waals surface area contributed by atoms with Crippen molar-refractivity contribution in [1.82, 2.24) is 0 Å². The Morgan fingerprint density at radius 1 is 1.80 bits per heavy atom. The second-order valence-electron chi connectivity index (χ2n) is 1.91. The number of furan rings is 1. The number of hydrogen-bond donors (Lipinski definition) is 1. The Balaban J connectivity index is 2.40. The van der Waals surface area contributed by atoms with Crippen molar-refractivity contribution in [3.8, 4) is 5.95 Å². The Morgan fingerprint density at radius 3 is 3.10 bits per heavy atom. The molecule has 0 aromatic carbocycles. The topological polar surface area (TPSA) is 42.6 Å². The zero-order valence-corrected chi connectivity index (χ0v) is 5.78. The zero-order chi connectivity index (χ0) is 7.40. The SMILES string of the molecule is CCC(O)Oc1ccco1. The van der Waals surface area contributed by atoms with Gasteiger partial charge in [-0.1, -0.05) is 6.92 Å². The van der Waals surface area contributed by atoms with E-state index in [9.17, 15) is 0 Å². The van der Waals surface area contributed by atoms with Crippen LogP contribution in [0.25, 0.3) is 0 Å². The van der Waals surface area contributed by atoms with Crippen molar-refractivity contribution in [2.24, 2.45) is 0 Å². The Labute approximate surface area is 59.2 Å². The second kappa shape index (κ2) is 3.27. The second-order valence-corrected chi connectivity index (χ2v) is 1.91. The first kappa shape index (κ1) is 7.15. The summed E-state index contributed by atoms with van der Waals surface area (Å²) in [5.41, 5.74) is 0. The molecule has 1 heterocycles. The molecule has 0 aliphatic carbocycles. The number of ether oxygens (including phenoxy) is 1. The lowest BCUT2D eigenvalue weighted by Crippen LogP contribution is -2.12. The van der Waals surface area contributed by atoms with Crippen LogP contribution in [0.5, 0.6) is 5.95 Å². The molecular formula is C7H10O3.